The molecule has 35 heavy (non-hydrogen) atoms. The van der Waals surface area contributed by atoms with E-state index in [1.54, 1.807) is 0 Å². The Morgan fingerprint density at radius 3 is 2.74 bits per heavy atom. The van der Waals surface area contributed by atoms with Gasteiger partial charge in [0.15, 0.2) is 0 Å². The zero-order valence-electron chi connectivity index (χ0n) is 17.8. The van der Waals surface area contributed by atoms with Crippen LogP contribution in [0.15, 0.2) is 35.4 Å². The molecule has 0 spiro atoms. The van der Waals surface area contributed by atoms with Crippen LogP contribution in [0.2, 0.25) is 5.02 Å². The molecule has 3 heterocycles. The molecule has 2 aliphatic heterocycles. The van der Waals surface area contributed by atoms with Crippen LogP contribution in [0.25, 0.3) is 0 Å². The first-order valence-corrected chi connectivity index (χ1v) is 11.9. The molecule has 2 atom stereocenters. The smallest absolute Gasteiger partial charge is 0.475 e. The summed E-state index contributed by atoms with van der Waals surface area (Å²) < 4.78 is 80.7. The molecule has 1 aromatic carbocycles. The van der Waals surface area contributed by atoms with E-state index in [2.05, 4.69) is 14.4 Å². The fourth-order valence-corrected chi connectivity index (χ4v) is 5.24. The number of aromatic nitrogens is 1. The van der Waals surface area contributed by atoms with Gasteiger partial charge in [-0.2, -0.15) is 0 Å². The third-order valence-electron chi connectivity index (χ3n) is 5.14. The van der Waals surface area contributed by atoms with Crippen molar-refractivity contribution in [3.63, 3.8) is 0 Å². The molecule has 1 fully saturated rings. The Kier molecular flexibility index (Phi) is 6.44. The van der Waals surface area contributed by atoms with Crippen molar-refractivity contribution in [3.05, 3.63) is 41.0 Å². The van der Waals surface area contributed by atoms with E-state index in [1.165, 1.54) is 11.8 Å². The van der Waals surface area contributed by atoms with Crippen LogP contribution in [0.3, 0.4) is 0 Å². The zero-order valence-corrected chi connectivity index (χ0v) is 19.4. The van der Waals surface area contributed by atoms with E-state index in [9.17, 15) is 31.2 Å². The Balaban J connectivity index is 1.62. The van der Waals surface area contributed by atoms with Gasteiger partial charge in [-0.05, 0) is 24.3 Å². The number of esters is 1. The highest BCUT2D eigenvalue weighted by Gasteiger charge is 2.41. The number of hydrogen-bond acceptors (Lipinski definition) is 8. The summed E-state index contributed by atoms with van der Waals surface area (Å²) in [5, 5.41) is -0.147. The molecular formula is C20H17ClF3N3O7S. The molecule has 1 N–H and O–H groups in total. The van der Waals surface area contributed by atoms with Crippen LogP contribution >= 0.6 is 11.6 Å². The van der Waals surface area contributed by atoms with Gasteiger partial charge < -0.3 is 19.1 Å². The van der Waals surface area contributed by atoms with Crippen molar-refractivity contribution in [2.24, 2.45) is 0 Å². The van der Waals surface area contributed by atoms with E-state index in [-0.39, 0.29) is 35.3 Å². The number of carbonyl (C=O) groups excluding carboxylic acids is 2. The largest absolute Gasteiger partial charge is 0.573 e. The van der Waals surface area contributed by atoms with E-state index >= 15 is 0 Å². The maximum atomic E-state index is 13.1. The molecule has 15 heteroatoms. The molecule has 1 aromatic heterocycles. The summed E-state index contributed by atoms with van der Waals surface area (Å²) in [4.78, 5) is 28.9. The molecule has 2 aliphatic rings. The van der Waals surface area contributed by atoms with E-state index < -0.39 is 51.1 Å². The third kappa shape index (κ3) is 5.53. The first kappa shape index (κ1) is 24.9. The summed E-state index contributed by atoms with van der Waals surface area (Å²) in [5.74, 6) is -2.06. The van der Waals surface area contributed by atoms with Gasteiger partial charge in [0.05, 0.1) is 24.5 Å². The number of rotatable bonds is 5. The molecule has 0 aliphatic carbocycles. The normalized spacial score (nSPS) is 19.8. The van der Waals surface area contributed by atoms with Crippen LogP contribution in [0.1, 0.15) is 23.7 Å². The zero-order chi connectivity index (χ0) is 25.5. The molecule has 2 aromatic rings. The molecular weight excluding hydrogens is 519 g/mol. The maximum Gasteiger partial charge on any atom is 0.573 e. The predicted molar refractivity (Wildman–Crippen MR) is 114 cm³/mol. The Hall–Kier alpha value is -3.26. The topological polar surface area (TPSA) is 124 Å². The van der Waals surface area contributed by atoms with Crippen LogP contribution in [0.5, 0.6) is 11.6 Å². The highest BCUT2D eigenvalue weighted by Crippen LogP contribution is 2.34. The minimum Gasteiger partial charge on any atom is -0.475 e. The van der Waals surface area contributed by atoms with Gasteiger partial charge in [-0.25, -0.2) is 13.4 Å². The van der Waals surface area contributed by atoms with Gasteiger partial charge in [0, 0.05) is 18.4 Å². The standard InChI is InChI=1S/C20H17ClF3N3O7S/c1-10(28)33-14-6-13-9-32-18-15(19(29)27(13)8-14)5-12(7-25-18)26-35(30,31)17-4-11(21)2-3-16(17)34-20(22,23)24/h2-5,7,13-14,26H,6,8-9H2,1H3/t13-,14+/m1/s1. The van der Waals surface area contributed by atoms with E-state index in [1.807, 2.05) is 0 Å². The average molecular weight is 536 g/mol. The summed E-state index contributed by atoms with van der Waals surface area (Å²) in [5.41, 5.74) is -0.290. The summed E-state index contributed by atoms with van der Waals surface area (Å²) in [6.45, 7) is 1.45. The van der Waals surface area contributed by atoms with Crippen molar-refractivity contribution in [3.8, 4) is 11.6 Å². The lowest BCUT2D eigenvalue weighted by atomic mass is 10.2. The number of halogens is 4. The quantitative estimate of drug-likeness (QED) is 0.580. The minimum atomic E-state index is -5.15. The third-order valence-corrected chi connectivity index (χ3v) is 6.77. The van der Waals surface area contributed by atoms with Crippen LogP contribution in [-0.2, 0) is 19.6 Å². The number of carbonyl (C=O) groups is 2. The number of nitrogens with one attached hydrogen (secondary N) is 1. The number of amides is 1. The molecule has 10 nitrogen and oxygen atoms in total. The monoisotopic (exact) mass is 535 g/mol. The number of sulfonamides is 1. The van der Waals surface area contributed by atoms with Gasteiger partial charge in [0.25, 0.3) is 15.9 Å². The van der Waals surface area contributed by atoms with Crippen molar-refractivity contribution < 1.29 is 45.4 Å². The molecule has 0 bridgehead atoms. The Bertz CT molecular complexity index is 1290. The fourth-order valence-electron chi connectivity index (χ4n) is 3.82. The van der Waals surface area contributed by atoms with Gasteiger partial charge in [0.1, 0.15) is 28.9 Å². The highest BCUT2D eigenvalue weighted by atomic mass is 35.5. The maximum absolute atomic E-state index is 13.1. The van der Waals surface area contributed by atoms with Gasteiger partial charge in [-0.3, -0.25) is 14.3 Å². The lowest BCUT2D eigenvalue weighted by Gasteiger charge is -2.20. The van der Waals surface area contributed by atoms with Crippen molar-refractivity contribution in [1.82, 2.24) is 9.88 Å². The second kappa shape index (κ2) is 9.07. The number of fused-ring (bicyclic) bond motifs is 2. The van der Waals surface area contributed by atoms with Crippen molar-refractivity contribution in [2.45, 2.75) is 36.7 Å². The van der Waals surface area contributed by atoms with E-state index in [0.717, 1.165) is 30.5 Å². The van der Waals surface area contributed by atoms with Crippen molar-refractivity contribution >= 4 is 39.2 Å². The van der Waals surface area contributed by atoms with Crippen LogP contribution in [-0.4, -0.2) is 61.8 Å². The summed E-state index contributed by atoms with van der Waals surface area (Å²) in [7, 11) is -4.65. The molecule has 1 saturated heterocycles. The van der Waals surface area contributed by atoms with E-state index in [0.29, 0.717) is 6.42 Å². The van der Waals surface area contributed by atoms with Crippen LogP contribution in [0.4, 0.5) is 18.9 Å². The number of benzene rings is 1. The first-order valence-electron chi connectivity index (χ1n) is 10.0. The fraction of sp³-hybridized carbons (Fsp3) is 0.350. The van der Waals surface area contributed by atoms with Crippen LogP contribution < -0.4 is 14.2 Å². The second-order valence-corrected chi connectivity index (χ2v) is 9.80. The second-order valence-electron chi connectivity index (χ2n) is 7.71. The van der Waals surface area contributed by atoms with Gasteiger partial charge in [-0.1, -0.05) is 11.6 Å². The van der Waals surface area contributed by atoms with E-state index in [4.69, 9.17) is 21.1 Å². The van der Waals surface area contributed by atoms with Gasteiger partial charge in [0.2, 0.25) is 5.88 Å². The Labute approximate surface area is 202 Å². The molecule has 1 amide bonds. The van der Waals surface area contributed by atoms with Gasteiger partial charge in [-0.15, -0.1) is 13.2 Å². The number of alkyl halides is 3. The molecule has 4 rings (SSSR count). The van der Waals surface area contributed by atoms with Crippen molar-refractivity contribution in [1.29, 1.82) is 0 Å². The predicted octanol–water partition coefficient (Wildman–Crippen LogP) is 2.97. The number of hydrogen-bond donors (Lipinski definition) is 1. The number of anilines is 1. The first-order chi connectivity index (χ1) is 16.3. The molecule has 188 valence electrons. The summed E-state index contributed by atoms with van der Waals surface area (Å²) >= 11 is 5.78. The number of pyridine rings is 1. The number of ether oxygens (including phenoxy) is 3. The molecule has 0 unspecified atom stereocenters. The lowest BCUT2D eigenvalue weighted by molar-refractivity contribution is -0.275. The Morgan fingerprint density at radius 1 is 1.31 bits per heavy atom. The summed E-state index contributed by atoms with van der Waals surface area (Å²) in [6.07, 6.45) is -4.26. The minimum absolute atomic E-state index is 0.0415. The lowest BCUT2D eigenvalue weighted by Crippen LogP contribution is -2.37. The molecule has 0 saturated carbocycles. The van der Waals surface area contributed by atoms with Gasteiger partial charge >= 0.3 is 12.3 Å². The van der Waals surface area contributed by atoms with Crippen LogP contribution in [0, 0.1) is 0 Å². The number of nitrogens with zero attached hydrogens (tertiary/aromatic N) is 2. The Morgan fingerprint density at radius 2 is 2.06 bits per heavy atom. The average Bonchev–Trinajstić information content (AvgIpc) is 3.08. The highest BCUT2D eigenvalue weighted by molar-refractivity contribution is 7.92. The van der Waals surface area contributed by atoms with Crippen molar-refractivity contribution in [2.75, 3.05) is 17.9 Å². The summed E-state index contributed by atoms with van der Waals surface area (Å²) in [6, 6.07) is 3.36. The molecule has 0 radical (unpaired) electrons. The SMILES string of the molecule is CC(=O)O[C@H]1C[C@@H]2COc3ncc(NS(=O)(=O)c4cc(Cl)ccc4OC(F)(F)F)cc3C(=O)N2C1.